The molecule has 0 aliphatic carbocycles. The highest BCUT2D eigenvalue weighted by atomic mass is 32.1. The van der Waals surface area contributed by atoms with Crippen molar-refractivity contribution in [3.63, 3.8) is 0 Å². The molecule has 0 aliphatic heterocycles. The summed E-state index contributed by atoms with van der Waals surface area (Å²) in [6.45, 7) is 1.88. The average molecular weight is 547 g/mol. The molecule has 39 heavy (non-hydrogen) atoms. The number of aryl methyl sites for hydroxylation is 1. The summed E-state index contributed by atoms with van der Waals surface area (Å²) < 4.78 is 32.2. The van der Waals surface area contributed by atoms with Crippen LogP contribution in [0.4, 0.5) is 14.6 Å². The maximum absolute atomic E-state index is 13.3. The summed E-state index contributed by atoms with van der Waals surface area (Å²) in [6.07, 6.45) is 1.68. The number of hydrogen-bond acceptors (Lipinski definition) is 8. The first kappa shape index (κ1) is 28.3. The molecule has 0 unspecified atom stereocenters. The number of benzene rings is 1. The second kappa shape index (κ2) is 13.3. The number of carbonyl (C=O) groups is 1. The van der Waals surface area contributed by atoms with Gasteiger partial charge in [0.1, 0.15) is 27.5 Å². The Morgan fingerprint density at radius 2 is 1.95 bits per heavy atom. The molecular weight excluding hydrogens is 526 g/mol. The molecule has 4 aromatic rings. The van der Waals surface area contributed by atoms with Crippen LogP contribution in [-0.2, 0) is 4.79 Å². The third-order valence-corrected chi connectivity index (χ3v) is 5.21. The number of nitrogens with two attached hydrogens (primary N) is 1. The molecule has 0 atom stereocenters. The number of nitrogens with zero attached hydrogens (tertiary/aromatic N) is 5. The quantitative estimate of drug-likeness (QED) is 0.146. The maximum atomic E-state index is 13.3. The molecule has 0 saturated heterocycles. The fourth-order valence-corrected chi connectivity index (χ4v) is 3.43. The van der Waals surface area contributed by atoms with E-state index in [2.05, 4.69) is 53.8 Å². The number of hydrogen-bond donors (Lipinski definition) is 3. The highest BCUT2D eigenvalue weighted by Crippen LogP contribution is 2.34. The van der Waals surface area contributed by atoms with E-state index < -0.39 is 12.1 Å². The zero-order valence-corrected chi connectivity index (χ0v) is 21.4. The first-order valence-electron chi connectivity index (χ1n) is 11.0. The monoisotopic (exact) mass is 546 g/mol. The summed E-state index contributed by atoms with van der Waals surface area (Å²) in [4.78, 5) is 23.9. The van der Waals surface area contributed by atoms with Crippen molar-refractivity contribution in [2.45, 2.75) is 13.3 Å². The van der Waals surface area contributed by atoms with E-state index in [-0.39, 0.29) is 22.6 Å². The van der Waals surface area contributed by atoms with Gasteiger partial charge in [0.15, 0.2) is 5.82 Å². The number of amides is 1. The van der Waals surface area contributed by atoms with Crippen molar-refractivity contribution in [1.29, 1.82) is 5.26 Å². The Morgan fingerprint density at radius 1 is 1.18 bits per heavy atom. The molecule has 1 aromatic carbocycles. The van der Waals surface area contributed by atoms with Crippen LogP contribution < -0.4 is 10.5 Å². The number of alkyl halides is 2. The molecule has 0 radical (unpaired) electrons. The highest BCUT2D eigenvalue weighted by Gasteiger charge is 2.17. The van der Waals surface area contributed by atoms with Gasteiger partial charge in [0, 0.05) is 23.0 Å². The van der Waals surface area contributed by atoms with E-state index in [1.165, 1.54) is 31.8 Å². The summed E-state index contributed by atoms with van der Waals surface area (Å²) in [5.74, 6) is 6.31. The molecular formula is C26H20F2N8O2S. The number of H-pyrrole nitrogens is 2. The van der Waals surface area contributed by atoms with E-state index in [1.807, 2.05) is 13.0 Å². The largest absolute Gasteiger partial charge is 0.494 e. The molecule has 3 heterocycles. The number of aromatic amines is 2. The van der Waals surface area contributed by atoms with Crippen LogP contribution in [0, 0.1) is 34.7 Å². The Hall–Kier alpha value is -5.27. The van der Waals surface area contributed by atoms with Gasteiger partial charge in [-0.2, -0.15) is 10.4 Å². The van der Waals surface area contributed by atoms with Crippen LogP contribution in [0.3, 0.4) is 0 Å². The lowest BCUT2D eigenvalue weighted by atomic mass is 9.97. The Balaban J connectivity index is 0.00000134. The molecule has 196 valence electrons. The number of ether oxygens (including phenoxy) is 1. The topological polar surface area (TPSA) is 159 Å². The van der Waals surface area contributed by atoms with Crippen LogP contribution in [0.25, 0.3) is 11.1 Å². The molecule has 4 rings (SSSR count). The number of rotatable bonds is 5. The van der Waals surface area contributed by atoms with Crippen LogP contribution in [0.2, 0.25) is 0 Å². The van der Waals surface area contributed by atoms with Gasteiger partial charge in [-0.15, -0.1) is 0 Å². The number of primary amides is 1. The number of aromatic nitrogens is 5. The Labute approximate surface area is 226 Å². The molecule has 0 saturated carbocycles. The minimum absolute atomic E-state index is 0.233. The molecule has 0 spiro atoms. The Morgan fingerprint density at radius 3 is 2.56 bits per heavy atom. The van der Waals surface area contributed by atoms with Crippen molar-refractivity contribution in [2.75, 3.05) is 7.11 Å². The number of pyridine rings is 1. The number of nitrogens with one attached hydrogen (secondary N) is 2. The van der Waals surface area contributed by atoms with Crippen molar-refractivity contribution in [2.24, 2.45) is 10.7 Å². The molecule has 1 amide bonds. The van der Waals surface area contributed by atoms with E-state index in [1.54, 1.807) is 18.2 Å². The lowest BCUT2D eigenvalue weighted by Crippen LogP contribution is -1.98. The van der Waals surface area contributed by atoms with Crippen LogP contribution in [-0.4, -0.2) is 44.9 Å². The standard InChI is InChI=1S/C25H17F2N7OS.CH3NO/c1-14-7-17(34-33-14)5-6-18-12-31-24(25(36)32-18)30-11-16-4-3-15(10-28)8-19(16)20-9-21(23(26)27)29-13-22(20)35-2;2-1-3/h3-4,7-9,11-13,23H,1-2H3,(H,32,36)(H,33,34);1H,(H2,2,3). The van der Waals surface area contributed by atoms with E-state index in [4.69, 9.17) is 21.7 Å². The van der Waals surface area contributed by atoms with Gasteiger partial charge in [0.2, 0.25) is 6.41 Å². The molecule has 3 aromatic heterocycles. The summed E-state index contributed by atoms with van der Waals surface area (Å²) in [5.41, 5.74) is 7.40. The van der Waals surface area contributed by atoms with Gasteiger partial charge in [-0.25, -0.2) is 18.8 Å². The van der Waals surface area contributed by atoms with Crippen LogP contribution in [0.15, 0.2) is 47.7 Å². The third-order valence-electron chi connectivity index (χ3n) is 4.93. The molecule has 10 nitrogen and oxygen atoms in total. The van der Waals surface area contributed by atoms with E-state index in [0.717, 1.165) is 5.69 Å². The van der Waals surface area contributed by atoms with Gasteiger partial charge in [-0.3, -0.25) is 14.9 Å². The SMILES string of the molecule is COc1cnc(C(F)F)cc1-c1cc(C#N)ccc1C=Nc1ncc(C#Cc2cc(C)[nH]n2)[nH]c1=S.NC=O. The first-order chi connectivity index (χ1) is 18.8. The Bertz CT molecular complexity index is 1680. The van der Waals surface area contributed by atoms with Crippen LogP contribution in [0.5, 0.6) is 5.75 Å². The summed E-state index contributed by atoms with van der Waals surface area (Å²) in [5, 5.41) is 16.2. The van der Waals surface area contributed by atoms with Crippen molar-refractivity contribution in [1.82, 2.24) is 25.1 Å². The van der Waals surface area contributed by atoms with Crippen LogP contribution in [0.1, 0.15) is 40.3 Å². The minimum Gasteiger partial charge on any atom is -0.494 e. The summed E-state index contributed by atoms with van der Waals surface area (Å²) in [7, 11) is 1.41. The summed E-state index contributed by atoms with van der Waals surface area (Å²) >= 11 is 5.37. The second-order valence-electron chi connectivity index (χ2n) is 7.55. The van der Waals surface area contributed by atoms with Crippen LogP contribution >= 0.6 is 12.2 Å². The third kappa shape index (κ3) is 7.38. The number of aliphatic imine (C=N–C) groups is 1. The average Bonchev–Trinajstić information content (AvgIpc) is 3.36. The Kier molecular flexibility index (Phi) is 9.67. The normalized spacial score (nSPS) is 10.3. The highest BCUT2D eigenvalue weighted by molar-refractivity contribution is 7.71. The lowest BCUT2D eigenvalue weighted by Gasteiger charge is -2.13. The fourth-order valence-electron chi connectivity index (χ4n) is 3.22. The number of methoxy groups -OCH3 is 1. The predicted molar refractivity (Wildman–Crippen MR) is 142 cm³/mol. The number of nitriles is 1. The molecule has 0 aliphatic rings. The van der Waals surface area contributed by atoms with Crippen molar-refractivity contribution in [3.8, 4) is 34.8 Å². The second-order valence-corrected chi connectivity index (χ2v) is 7.96. The van der Waals surface area contributed by atoms with E-state index >= 15 is 0 Å². The van der Waals surface area contributed by atoms with Gasteiger partial charge in [0.25, 0.3) is 6.43 Å². The first-order valence-corrected chi connectivity index (χ1v) is 11.4. The minimum atomic E-state index is -2.77. The van der Waals surface area contributed by atoms with Gasteiger partial charge < -0.3 is 15.5 Å². The molecule has 0 fully saturated rings. The molecule has 4 N–H and O–H groups in total. The number of halogens is 2. The smallest absolute Gasteiger partial charge is 0.280 e. The number of carbonyl (C=O) groups excluding carboxylic acids is 1. The molecule has 13 heteroatoms. The van der Waals surface area contributed by atoms with Crippen molar-refractivity contribution >= 4 is 30.7 Å². The lowest BCUT2D eigenvalue weighted by molar-refractivity contribution is -0.106. The van der Waals surface area contributed by atoms with E-state index in [9.17, 15) is 14.0 Å². The predicted octanol–water partition coefficient (Wildman–Crippen LogP) is 4.30. The zero-order valence-electron chi connectivity index (χ0n) is 20.6. The maximum Gasteiger partial charge on any atom is 0.280 e. The van der Waals surface area contributed by atoms with Crippen molar-refractivity contribution < 1.29 is 18.3 Å². The molecule has 0 bridgehead atoms. The summed E-state index contributed by atoms with van der Waals surface area (Å²) in [6, 6.07) is 9.91. The fraction of sp³-hybridized carbons (Fsp3) is 0.115. The van der Waals surface area contributed by atoms with E-state index in [0.29, 0.717) is 33.6 Å². The van der Waals surface area contributed by atoms with Gasteiger partial charge in [-0.1, -0.05) is 18.3 Å². The van der Waals surface area contributed by atoms with Gasteiger partial charge in [0.05, 0.1) is 31.1 Å². The van der Waals surface area contributed by atoms with Crippen molar-refractivity contribution in [3.05, 3.63) is 81.3 Å². The zero-order chi connectivity index (χ0) is 28.4. The van der Waals surface area contributed by atoms with Gasteiger partial charge >= 0.3 is 0 Å². The van der Waals surface area contributed by atoms with Gasteiger partial charge in [-0.05, 0) is 48.6 Å².